The largest absolute Gasteiger partial charge is 0.296 e. The molecule has 0 spiro atoms. The monoisotopic (exact) mass is 346 g/mol. The van der Waals surface area contributed by atoms with Crippen LogP contribution in [0.2, 0.25) is 0 Å². The highest BCUT2D eigenvalue weighted by Crippen LogP contribution is 2.43. The van der Waals surface area contributed by atoms with Gasteiger partial charge < -0.3 is 0 Å². The van der Waals surface area contributed by atoms with Gasteiger partial charge in [0, 0.05) is 5.92 Å². The maximum Gasteiger partial charge on any atom is 0.182 e. The molecule has 0 bridgehead atoms. The number of carbonyl (C=O) groups excluding carboxylic acids is 1. The summed E-state index contributed by atoms with van der Waals surface area (Å²) in [5.41, 5.74) is 4.71. The van der Waals surface area contributed by atoms with E-state index in [9.17, 15) is 4.79 Å². The Labute approximate surface area is 154 Å². The molecule has 3 heteroatoms. The van der Waals surface area contributed by atoms with Crippen LogP contribution >= 0.6 is 0 Å². The third-order valence-corrected chi connectivity index (χ3v) is 6.46. The first-order valence-corrected chi connectivity index (χ1v) is 10.2. The van der Waals surface area contributed by atoms with Gasteiger partial charge in [-0.1, -0.05) is 24.3 Å². The Morgan fingerprint density at radius 3 is 2.54 bits per heavy atom. The van der Waals surface area contributed by atoms with E-state index in [1.165, 1.54) is 36.8 Å². The summed E-state index contributed by atoms with van der Waals surface area (Å²) in [5, 5.41) is 0. The van der Waals surface area contributed by atoms with Crippen molar-refractivity contribution in [3.8, 4) is 0 Å². The Kier molecular flexibility index (Phi) is 4.03. The molecule has 0 unspecified atom stereocenters. The number of Topliss-reactive ketones (excluding diaryl/α,β-unsaturated/α-hetero) is 1. The van der Waals surface area contributed by atoms with Gasteiger partial charge in [-0.3, -0.25) is 9.20 Å². The van der Waals surface area contributed by atoms with Crippen LogP contribution in [-0.2, 0) is 0 Å². The first-order chi connectivity index (χ1) is 12.8. The van der Waals surface area contributed by atoms with Gasteiger partial charge in [0.2, 0.25) is 0 Å². The van der Waals surface area contributed by atoms with Gasteiger partial charge in [0.15, 0.2) is 5.78 Å². The zero-order valence-electron chi connectivity index (χ0n) is 15.2. The van der Waals surface area contributed by atoms with E-state index >= 15 is 0 Å². The highest BCUT2D eigenvalue weighted by atomic mass is 16.1. The van der Waals surface area contributed by atoms with Crippen molar-refractivity contribution in [2.45, 2.75) is 57.3 Å². The number of nitrogens with zero attached hydrogens (tertiary/aromatic N) is 2. The standard InChI is InChI=1S/C23H26N2O/c26-23(19-10-6-17(7-11-19)16-4-2-1-3-5-16)22-21(18-8-9-18)13-12-20-14-24-15-25(20)22/h2,4-5,12-15,17-19H,1,3,6-11H2. The van der Waals surface area contributed by atoms with E-state index in [0.29, 0.717) is 17.6 Å². The molecule has 3 aliphatic carbocycles. The van der Waals surface area contributed by atoms with Crippen LogP contribution in [-0.4, -0.2) is 15.2 Å². The second-order valence-corrected chi connectivity index (χ2v) is 8.20. The summed E-state index contributed by atoms with van der Waals surface area (Å²) in [4.78, 5) is 17.7. The van der Waals surface area contributed by atoms with Crippen molar-refractivity contribution in [1.29, 1.82) is 0 Å². The molecule has 2 aromatic rings. The molecule has 2 saturated carbocycles. The van der Waals surface area contributed by atoms with Crippen LogP contribution in [0.3, 0.4) is 0 Å². The summed E-state index contributed by atoms with van der Waals surface area (Å²) in [6, 6.07) is 4.28. The van der Waals surface area contributed by atoms with Gasteiger partial charge in [0.25, 0.3) is 0 Å². The zero-order chi connectivity index (χ0) is 17.5. The molecule has 0 radical (unpaired) electrons. The number of carbonyl (C=O) groups is 1. The Morgan fingerprint density at radius 2 is 1.81 bits per heavy atom. The maximum atomic E-state index is 13.5. The molecular weight excluding hydrogens is 320 g/mol. The Bertz CT molecular complexity index is 892. The molecule has 26 heavy (non-hydrogen) atoms. The predicted octanol–water partition coefficient (Wildman–Crippen LogP) is 5.48. The van der Waals surface area contributed by atoms with Crippen LogP contribution in [0.1, 0.15) is 73.3 Å². The maximum absolute atomic E-state index is 13.5. The van der Waals surface area contributed by atoms with E-state index in [1.807, 2.05) is 16.9 Å². The Hall–Kier alpha value is -2.16. The van der Waals surface area contributed by atoms with Crippen LogP contribution in [0.5, 0.6) is 0 Å². The highest BCUT2D eigenvalue weighted by Gasteiger charge is 2.34. The van der Waals surface area contributed by atoms with E-state index in [4.69, 9.17) is 0 Å². The zero-order valence-corrected chi connectivity index (χ0v) is 15.2. The van der Waals surface area contributed by atoms with Gasteiger partial charge in [0.1, 0.15) is 0 Å². The summed E-state index contributed by atoms with van der Waals surface area (Å²) in [6.45, 7) is 0. The quantitative estimate of drug-likeness (QED) is 0.687. The van der Waals surface area contributed by atoms with Gasteiger partial charge in [0.05, 0.1) is 23.7 Å². The fraction of sp³-hybridized carbons (Fsp3) is 0.478. The van der Waals surface area contributed by atoms with Gasteiger partial charge in [-0.15, -0.1) is 0 Å². The third kappa shape index (κ3) is 2.84. The number of hydrogen-bond donors (Lipinski definition) is 0. The lowest BCUT2D eigenvalue weighted by Crippen LogP contribution is -2.25. The molecule has 2 heterocycles. The molecule has 0 N–H and O–H groups in total. The van der Waals surface area contributed by atoms with Crippen molar-refractivity contribution in [3.63, 3.8) is 0 Å². The van der Waals surface area contributed by atoms with E-state index in [1.54, 1.807) is 0 Å². The number of ketones is 1. The molecular formula is C23H26N2O. The van der Waals surface area contributed by atoms with Crippen LogP contribution in [0, 0.1) is 11.8 Å². The van der Waals surface area contributed by atoms with E-state index < -0.39 is 0 Å². The topological polar surface area (TPSA) is 34.4 Å². The number of rotatable bonds is 4. The summed E-state index contributed by atoms with van der Waals surface area (Å²) in [6.07, 6.45) is 19.8. The lowest BCUT2D eigenvalue weighted by atomic mass is 9.75. The second-order valence-electron chi connectivity index (χ2n) is 8.20. The van der Waals surface area contributed by atoms with Crippen molar-refractivity contribution in [1.82, 2.24) is 9.38 Å². The molecule has 3 nitrogen and oxygen atoms in total. The summed E-state index contributed by atoms with van der Waals surface area (Å²) < 4.78 is 2.04. The second kappa shape index (κ2) is 6.53. The van der Waals surface area contributed by atoms with Gasteiger partial charge in [-0.25, -0.2) is 4.98 Å². The minimum atomic E-state index is 0.171. The molecule has 0 aliphatic heterocycles. The normalized spacial score (nSPS) is 26.1. The smallest absolute Gasteiger partial charge is 0.182 e. The number of hydrogen-bond acceptors (Lipinski definition) is 2. The molecule has 134 valence electrons. The summed E-state index contributed by atoms with van der Waals surface area (Å²) in [5.74, 6) is 1.75. The van der Waals surface area contributed by atoms with Crippen LogP contribution in [0.25, 0.3) is 5.52 Å². The number of aromatic nitrogens is 2. The number of imidazole rings is 1. The van der Waals surface area contributed by atoms with E-state index in [0.717, 1.165) is 36.9 Å². The molecule has 5 rings (SSSR count). The summed E-state index contributed by atoms with van der Waals surface area (Å²) >= 11 is 0. The lowest BCUT2D eigenvalue weighted by molar-refractivity contribution is 0.0871. The molecule has 2 aromatic heterocycles. The van der Waals surface area contributed by atoms with Crippen molar-refractivity contribution in [2.75, 3.05) is 0 Å². The summed E-state index contributed by atoms with van der Waals surface area (Å²) in [7, 11) is 0. The van der Waals surface area contributed by atoms with Crippen LogP contribution < -0.4 is 0 Å². The molecule has 3 aliphatic rings. The van der Waals surface area contributed by atoms with E-state index in [-0.39, 0.29) is 5.92 Å². The number of pyridine rings is 1. The molecule has 0 atom stereocenters. The minimum absolute atomic E-state index is 0.171. The van der Waals surface area contributed by atoms with Crippen molar-refractivity contribution in [3.05, 3.63) is 59.7 Å². The molecule has 2 fully saturated rings. The molecule has 0 amide bonds. The number of allylic oxidation sites excluding steroid dienone is 4. The van der Waals surface area contributed by atoms with Crippen molar-refractivity contribution >= 4 is 11.3 Å². The fourth-order valence-corrected chi connectivity index (χ4v) is 4.81. The average molecular weight is 346 g/mol. The van der Waals surface area contributed by atoms with Crippen molar-refractivity contribution in [2.24, 2.45) is 11.8 Å². The van der Waals surface area contributed by atoms with Gasteiger partial charge in [-0.2, -0.15) is 0 Å². The average Bonchev–Trinajstić information content (AvgIpc) is 3.44. The fourth-order valence-electron chi connectivity index (χ4n) is 4.81. The van der Waals surface area contributed by atoms with Crippen molar-refractivity contribution < 1.29 is 4.79 Å². The highest BCUT2D eigenvalue weighted by molar-refractivity contribution is 5.98. The Morgan fingerprint density at radius 1 is 1.00 bits per heavy atom. The third-order valence-electron chi connectivity index (χ3n) is 6.46. The SMILES string of the molecule is O=C(c1c(C2CC2)ccc2cncn12)C1CCC(C2=CCCC=C2)CC1. The first kappa shape index (κ1) is 16.0. The molecule has 0 aromatic carbocycles. The van der Waals surface area contributed by atoms with Crippen LogP contribution in [0.15, 0.2) is 48.5 Å². The number of fused-ring (bicyclic) bond motifs is 1. The van der Waals surface area contributed by atoms with E-state index in [2.05, 4.69) is 35.3 Å². The first-order valence-electron chi connectivity index (χ1n) is 10.2. The Balaban J connectivity index is 1.38. The molecule has 0 saturated heterocycles. The van der Waals surface area contributed by atoms with Crippen LogP contribution in [0.4, 0.5) is 0 Å². The predicted molar refractivity (Wildman–Crippen MR) is 103 cm³/mol. The van der Waals surface area contributed by atoms with Gasteiger partial charge in [-0.05, 0) is 80.4 Å². The lowest BCUT2D eigenvalue weighted by Gasteiger charge is -2.30. The minimum Gasteiger partial charge on any atom is -0.296 e. The van der Waals surface area contributed by atoms with Gasteiger partial charge >= 0.3 is 0 Å².